The molecule has 0 saturated heterocycles. The minimum atomic E-state index is -0.310. The van der Waals surface area contributed by atoms with Crippen molar-refractivity contribution in [3.8, 4) is 5.75 Å². The van der Waals surface area contributed by atoms with E-state index < -0.39 is 0 Å². The van der Waals surface area contributed by atoms with Gasteiger partial charge in [0.2, 0.25) is 0 Å². The largest absolute Gasteiger partial charge is 0.488 e. The molecule has 7 heteroatoms. The van der Waals surface area contributed by atoms with Gasteiger partial charge in [0.25, 0.3) is 5.91 Å². The lowest BCUT2D eigenvalue weighted by Crippen LogP contribution is -2.26. The summed E-state index contributed by atoms with van der Waals surface area (Å²) in [5.74, 6) is 0.371. The number of hydrogen-bond acceptors (Lipinski definition) is 4. The van der Waals surface area contributed by atoms with Gasteiger partial charge < -0.3 is 10.1 Å². The molecule has 0 aliphatic rings. The molecule has 0 fully saturated rings. The van der Waals surface area contributed by atoms with Crippen LogP contribution in [0.2, 0.25) is 10.0 Å². The Balaban J connectivity index is 1.52. The summed E-state index contributed by atoms with van der Waals surface area (Å²) in [4.78, 5) is 12.0. The lowest BCUT2D eigenvalue weighted by atomic mass is 10.2. The Kier molecular flexibility index (Phi) is 7.50. The minimum Gasteiger partial charge on any atom is -0.488 e. The average Bonchev–Trinajstić information content (AvgIpc) is 2.73. The molecular formula is C22H19Cl2N3O2. The number of nitrogens with one attached hydrogen (secondary N) is 2. The molecule has 2 N–H and O–H groups in total. The van der Waals surface area contributed by atoms with Crippen LogP contribution in [0.15, 0.2) is 77.9 Å². The lowest BCUT2D eigenvalue weighted by Gasteiger charge is -2.09. The Bertz CT molecular complexity index is 994. The number of carbonyl (C=O) groups is 1. The molecule has 0 atom stereocenters. The fourth-order valence-corrected chi connectivity index (χ4v) is 2.95. The number of rotatable bonds is 8. The van der Waals surface area contributed by atoms with Crippen LogP contribution in [0.5, 0.6) is 5.75 Å². The van der Waals surface area contributed by atoms with Gasteiger partial charge in [-0.3, -0.25) is 4.79 Å². The molecule has 0 unspecified atom stereocenters. The molecular weight excluding hydrogens is 409 g/mol. The second-order valence-electron chi connectivity index (χ2n) is 6.08. The van der Waals surface area contributed by atoms with Gasteiger partial charge in [-0.15, -0.1) is 0 Å². The first kappa shape index (κ1) is 20.7. The molecule has 0 bridgehead atoms. The fourth-order valence-electron chi connectivity index (χ4n) is 2.48. The van der Waals surface area contributed by atoms with Crippen LogP contribution in [-0.4, -0.2) is 18.7 Å². The molecule has 0 saturated carbocycles. The quantitative estimate of drug-likeness (QED) is 0.386. The Labute approximate surface area is 179 Å². The molecule has 0 spiro atoms. The number of benzene rings is 3. The highest BCUT2D eigenvalue weighted by atomic mass is 35.5. The van der Waals surface area contributed by atoms with Crippen molar-refractivity contribution in [1.29, 1.82) is 0 Å². The van der Waals surface area contributed by atoms with Gasteiger partial charge in [0.1, 0.15) is 12.4 Å². The Morgan fingerprint density at radius 1 is 1.00 bits per heavy atom. The van der Waals surface area contributed by atoms with Gasteiger partial charge in [-0.1, -0.05) is 65.7 Å². The first-order valence-corrected chi connectivity index (χ1v) is 9.64. The highest BCUT2D eigenvalue weighted by Crippen LogP contribution is 2.25. The maximum absolute atomic E-state index is 12.0. The minimum absolute atomic E-state index is 0.0187. The van der Waals surface area contributed by atoms with Crippen LogP contribution in [-0.2, 0) is 11.4 Å². The number of carbonyl (C=O) groups excluding carboxylic acids is 1. The second kappa shape index (κ2) is 10.5. The van der Waals surface area contributed by atoms with Gasteiger partial charge in [0.15, 0.2) is 0 Å². The van der Waals surface area contributed by atoms with Crippen LogP contribution < -0.4 is 15.5 Å². The fraction of sp³-hybridized carbons (Fsp3) is 0.0909. The van der Waals surface area contributed by atoms with Crippen molar-refractivity contribution in [2.45, 2.75) is 6.61 Å². The third kappa shape index (κ3) is 6.52. The monoisotopic (exact) mass is 427 g/mol. The normalized spacial score (nSPS) is 10.7. The number of anilines is 1. The van der Waals surface area contributed by atoms with Crippen molar-refractivity contribution in [1.82, 2.24) is 5.43 Å². The molecule has 0 aliphatic heterocycles. The van der Waals surface area contributed by atoms with Crippen LogP contribution >= 0.6 is 23.2 Å². The number of hydrogen-bond donors (Lipinski definition) is 2. The maximum atomic E-state index is 12.0. The van der Waals surface area contributed by atoms with Crippen molar-refractivity contribution in [3.05, 3.63) is 94.0 Å². The summed E-state index contributed by atoms with van der Waals surface area (Å²) in [6.45, 7) is 0.467. The number of nitrogens with zero attached hydrogens (tertiary/aromatic N) is 1. The predicted octanol–water partition coefficient (Wildman–Crippen LogP) is 5.13. The summed E-state index contributed by atoms with van der Waals surface area (Å²) in [5.41, 5.74) is 4.93. The van der Waals surface area contributed by atoms with E-state index in [1.54, 1.807) is 24.4 Å². The molecule has 1 amide bonds. The van der Waals surface area contributed by atoms with Crippen molar-refractivity contribution >= 4 is 41.0 Å². The van der Waals surface area contributed by atoms with Crippen molar-refractivity contribution < 1.29 is 9.53 Å². The van der Waals surface area contributed by atoms with E-state index in [2.05, 4.69) is 15.8 Å². The molecule has 5 nitrogen and oxygen atoms in total. The maximum Gasteiger partial charge on any atom is 0.259 e. The number of ether oxygens (including phenoxy) is 1. The smallest absolute Gasteiger partial charge is 0.259 e. The zero-order valence-corrected chi connectivity index (χ0v) is 17.0. The van der Waals surface area contributed by atoms with Crippen molar-refractivity contribution in [2.24, 2.45) is 5.10 Å². The van der Waals surface area contributed by atoms with Gasteiger partial charge in [0, 0.05) is 10.6 Å². The van der Waals surface area contributed by atoms with Gasteiger partial charge in [0.05, 0.1) is 23.5 Å². The molecule has 29 heavy (non-hydrogen) atoms. The van der Waals surface area contributed by atoms with Gasteiger partial charge >= 0.3 is 0 Å². The van der Waals surface area contributed by atoms with E-state index in [1.165, 1.54) is 0 Å². The summed E-state index contributed by atoms with van der Waals surface area (Å²) >= 11 is 11.9. The SMILES string of the molecule is O=C(CNc1ccc(Cl)cc1Cl)N/N=C/c1ccccc1OCc1ccccc1. The van der Waals surface area contributed by atoms with E-state index in [1.807, 2.05) is 54.6 Å². The summed E-state index contributed by atoms with van der Waals surface area (Å²) in [6, 6.07) is 22.4. The number of hydrazone groups is 1. The third-order valence-corrected chi connectivity index (χ3v) is 4.47. The molecule has 0 heterocycles. The molecule has 3 rings (SSSR count). The Morgan fingerprint density at radius 2 is 1.76 bits per heavy atom. The zero-order valence-electron chi connectivity index (χ0n) is 15.4. The van der Waals surface area contributed by atoms with Crippen LogP contribution in [0.25, 0.3) is 0 Å². The molecule has 0 radical (unpaired) electrons. The summed E-state index contributed by atoms with van der Waals surface area (Å²) in [7, 11) is 0. The average molecular weight is 428 g/mol. The van der Waals surface area contributed by atoms with E-state index in [0.717, 1.165) is 11.1 Å². The lowest BCUT2D eigenvalue weighted by molar-refractivity contribution is -0.119. The summed E-state index contributed by atoms with van der Waals surface area (Å²) in [6.07, 6.45) is 1.55. The molecule has 0 aliphatic carbocycles. The highest BCUT2D eigenvalue weighted by Gasteiger charge is 2.05. The highest BCUT2D eigenvalue weighted by molar-refractivity contribution is 6.36. The van der Waals surface area contributed by atoms with E-state index in [9.17, 15) is 4.79 Å². The number of para-hydroxylation sites is 1. The molecule has 0 aromatic heterocycles. The third-order valence-electron chi connectivity index (χ3n) is 3.92. The predicted molar refractivity (Wildman–Crippen MR) is 118 cm³/mol. The molecule has 3 aromatic carbocycles. The number of amides is 1. The Morgan fingerprint density at radius 3 is 2.55 bits per heavy atom. The van der Waals surface area contributed by atoms with Gasteiger partial charge in [-0.2, -0.15) is 5.10 Å². The topological polar surface area (TPSA) is 62.7 Å². The van der Waals surface area contributed by atoms with E-state index >= 15 is 0 Å². The molecule has 3 aromatic rings. The van der Waals surface area contributed by atoms with E-state index in [0.29, 0.717) is 28.1 Å². The summed E-state index contributed by atoms with van der Waals surface area (Å²) < 4.78 is 5.87. The second-order valence-corrected chi connectivity index (χ2v) is 6.93. The zero-order chi connectivity index (χ0) is 20.5. The number of halogens is 2. The standard InChI is InChI=1S/C22H19Cl2N3O2/c23-18-10-11-20(19(24)12-18)25-14-22(28)27-26-13-17-8-4-5-9-21(17)29-15-16-6-2-1-3-7-16/h1-13,25H,14-15H2,(H,27,28)/b26-13+. The van der Waals surface area contributed by atoms with Crippen molar-refractivity contribution in [2.75, 3.05) is 11.9 Å². The summed E-state index contributed by atoms with van der Waals surface area (Å²) in [5, 5.41) is 7.92. The van der Waals surface area contributed by atoms with E-state index in [4.69, 9.17) is 27.9 Å². The van der Waals surface area contributed by atoms with Crippen LogP contribution in [0.4, 0.5) is 5.69 Å². The first-order chi connectivity index (χ1) is 14.1. The van der Waals surface area contributed by atoms with Crippen LogP contribution in [0.3, 0.4) is 0 Å². The molecule has 148 valence electrons. The van der Waals surface area contributed by atoms with Gasteiger partial charge in [-0.25, -0.2) is 5.43 Å². The first-order valence-electron chi connectivity index (χ1n) is 8.88. The van der Waals surface area contributed by atoms with Crippen LogP contribution in [0.1, 0.15) is 11.1 Å². The van der Waals surface area contributed by atoms with Crippen molar-refractivity contribution in [3.63, 3.8) is 0 Å². The van der Waals surface area contributed by atoms with Crippen LogP contribution in [0, 0.1) is 0 Å². The van der Waals surface area contributed by atoms with E-state index in [-0.39, 0.29) is 12.5 Å². The Hall–Kier alpha value is -3.02. The van der Waals surface area contributed by atoms with Gasteiger partial charge in [-0.05, 0) is 35.9 Å².